The maximum Gasteiger partial charge on any atom is 0.249 e. The second-order valence-electron chi connectivity index (χ2n) is 11.2. The average Bonchev–Trinajstić information content (AvgIpc) is 3.11. The SMILES string of the molecule is CC12CCCCC1(C)N1c3cc(-c4ccccc4)cc4c3B(c3ccccc3S4)c3cccc2c31. The van der Waals surface area contributed by atoms with E-state index in [0.717, 1.165) is 0 Å². The molecule has 4 aromatic rings. The lowest BCUT2D eigenvalue weighted by atomic mass is 9.34. The van der Waals surface area contributed by atoms with Gasteiger partial charge in [-0.3, -0.25) is 0 Å². The standard InChI is InChI=1S/C32H28BNS/c1-31-17-8-9-18-32(31,2)34-26-19-22(21-11-4-3-5-12-21)20-28-29(26)33(24-14-6-7-16-27(24)35-28)25-15-10-13-23(31)30(25)34/h3-7,10-16,19-20H,8-9,17-18H2,1-2H3. The molecule has 4 aromatic carbocycles. The van der Waals surface area contributed by atoms with Crippen LogP contribution in [0.1, 0.15) is 45.1 Å². The maximum atomic E-state index is 2.81. The van der Waals surface area contributed by atoms with E-state index in [0.29, 0.717) is 6.71 Å². The zero-order valence-electron chi connectivity index (χ0n) is 20.3. The quantitative estimate of drug-likeness (QED) is 0.262. The maximum absolute atomic E-state index is 2.81. The summed E-state index contributed by atoms with van der Waals surface area (Å²) < 4.78 is 0. The van der Waals surface area contributed by atoms with Crippen molar-refractivity contribution in [2.75, 3.05) is 4.90 Å². The highest BCUT2D eigenvalue weighted by Gasteiger charge is 2.60. The van der Waals surface area contributed by atoms with Crippen LogP contribution in [0.4, 0.5) is 11.4 Å². The van der Waals surface area contributed by atoms with Gasteiger partial charge in [0.1, 0.15) is 0 Å². The molecule has 2 atom stereocenters. The van der Waals surface area contributed by atoms with Crippen LogP contribution < -0.4 is 21.3 Å². The molecule has 2 unspecified atom stereocenters. The van der Waals surface area contributed by atoms with Crippen molar-refractivity contribution < 1.29 is 0 Å². The molecule has 170 valence electrons. The molecule has 0 bridgehead atoms. The van der Waals surface area contributed by atoms with Crippen LogP contribution in [0.25, 0.3) is 11.1 Å². The molecule has 35 heavy (non-hydrogen) atoms. The zero-order chi connectivity index (χ0) is 23.4. The third kappa shape index (κ3) is 2.43. The summed E-state index contributed by atoms with van der Waals surface area (Å²) in [4.78, 5) is 5.64. The van der Waals surface area contributed by atoms with Gasteiger partial charge in [-0.05, 0) is 65.6 Å². The van der Waals surface area contributed by atoms with Crippen LogP contribution >= 0.6 is 11.8 Å². The number of anilines is 2. The Bertz CT molecular complexity index is 1530. The molecule has 3 heteroatoms. The Hall–Kier alpha value is -2.91. The van der Waals surface area contributed by atoms with Crippen molar-refractivity contribution in [3.8, 4) is 11.1 Å². The van der Waals surface area contributed by atoms with Gasteiger partial charge < -0.3 is 4.90 Å². The lowest BCUT2D eigenvalue weighted by molar-refractivity contribution is 0.195. The van der Waals surface area contributed by atoms with E-state index in [1.165, 1.54) is 74.4 Å². The minimum Gasteiger partial charge on any atom is -0.335 e. The molecule has 1 saturated carbocycles. The fourth-order valence-corrected chi connectivity index (χ4v) is 8.98. The van der Waals surface area contributed by atoms with Crippen LogP contribution in [0.3, 0.4) is 0 Å². The fraction of sp³-hybridized carbons (Fsp3) is 0.250. The van der Waals surface area contributed by atoms with E-state index < -0.39 is 0 Å². The van der Waals surface area contributed by atoms with Crippen LogP contribution in [-0.4, -0.2) is 12.3 Å². The molecule has 3 heterocycles. The van der Waals surface area contributed by atoms with Gasteiger partial charge in [-0.15, -0.1) is 0 Å². The van der Waals surface area contributed by atoms with Gasteiger partial charge in [0.15, 0.2) is 0 Å². The van der Waals surface area contributed by atoms with Gasteiger partial charge >= 0.3 is 0 Å². The molecule has 0 N–H and O–H groups in total. The molecular formula is C32H28BNS. The highest BCUT2D eigenvalue weighted by atomic mass is 32.2. The van der Waals surface area contributed by atoms with Crippen molar-refractivity contribution in [3.05, 3.63) is 90.5 Å². The molecular weight excluding hydrogens is 441 g/mol. The van der Waals surface area contributed by atoms with Gasteiger partial charge in [0.25, 0.3) is 0 Å². The van der Waals surface area contributed by atoms with Crippen molar-refractivity contribution in [1.29, 1.82) is 0 Å². The van der Waals surface area contributed by atoms with Crippen LogP contribution in [-0.2, 0) is 5.41 Å². The second kappa shape index (κ2) is 6.86. The van der Waals surface area contributed by atoms with Crippen molar-refractivity contribution in [2.45, 2.75) is 60.3 Å². The highest BCUT2D eigenvalue weighted by molar-refractivity contribution is 8.00. The van der Waals surface area contributed by atoms with Gasteiger partial charge in [-0.2, -0.15) is 0 Å². The first-order valence-corrected chi connectivity index (χ1v) is 13.9. The number of benzene rings is 4. The van der Waals surface area contributed by atoms with Crippen LogP contribution in [0, 0.1) is 0 Å². The van der Waals surface area contributed by atoms with Crippen molar-refractivity contribution in [2.24, 2.45) is 0 Å². The van der Waals surface area contributed by atoms with Gasteiger partial charge in [-0.1, -0.05) is 104 Å². The van der Waals surface area contributed by atoms with Gasteiger partial charge in [0, 0.05) is 26.6 Å². The molecule has 3 aliphatic heterocycles. The Labute approximate surface area is 212 Å². The minimum absolute atomic E-state index is 0.0966. The lowest BCUT2D eigenvalue weighted by Crippen LogP contribution is -2.63. The summed E-state index contributed by atoms with van der Waals surface area (Å²) in [5.74, 6) is 0. The molecule has 1 fully saturated rings. The number of rotatable bonds is 1. The smallest absolute Gasteiger partial charge is 0.249 e. The van der Waals surface area contributed by atoms with E-state index in [2.05, 4.69) is 104 Å². The summed E-state index contributed by atoms with van der Waals surface area (Å²) in [7, 11) is 0. The number of para-hydroxylation sites is 1. The first kappa shape index (κ1) is 20.3. The Morgan fingerprint density at radius 3 is 2.40 bits per heavy atom. The topological polar surface area (TPSA) is 3.24 Å². The van der Waals surface area contributed by atoms with Gasteiger partial charge in [-0.25, -0.2) is 0 Å². The third-order valence-electron chi connectivity index (χ3n) is 9.68. The molecule has 0 saturated heterocycles. The van der Waals surface area contributed by atoms with Crippen LogP contribution in [0.2, 0.25) is 0 Å². The summed E-state index contributed by atoms with van der Waals surface area (Å²) >= 11 is 1.96. The predicted molar refractivity (Wildman–Crippen MR) is 150 cm³/mol. The summed E-state index contributed by atoms with van der Waals surface area (Å²) in [6.45, 7) is 5.42. The van der Waals surface area contributed by atoms with E-state index in [1.807, 2.05) is 11.8 Å². The number of nitrogens with zero attached hydrogens (tertiary/aromatic N) is 1. The van der Waals surface area contributed by atoms with E-state index in [-0.39, 0.29) is 11.0 Å². The Kier molecular flexibility index (Phi) is 3.98. The summed E-state index contributed by atoms with van der Waals surface area (Å²) in [6, 6.07) is 32.2. The van der Waals surface area contributed by atoms with E-state index in [4.69, 9.17) is 0 Å². The van der Waals surface area contributed by atoms with Crippen molar-refractivity contribution >= 4 is 46.2 Å². The average molecular weight is 469 g/mol. The largest absolute Gasteiger partial charge is 0.335 e. The molecule has 1 aliphatic carbocycles. The van der Waals surface area contributed by atoms with Crippen LogP contribution in [0.15, 0.2) is 94.7 Å². The van der Waals surface area contributed by atoms with E-state index in [9.17, 15) is 0 Å². The van der Waals surface area contributed by atoms with E-state index in [1.54, 1.807) is 5.56 Å². The van der Waals surface area contributed by atoms with Crippen molar-refractivity contribution in [1.82, 2.24) is 0 Å². The predicted octanol–water partition coefficient (Wildman–Crippen LogP) is 6.39. The van der Waals surface area contributed by atoms with E-state index >= 15 is 0 Å². The zero-order valence-corrected chi connectivity index (χ0v) is 21.2. The first-order valence-electron chi connectivity index (χ1n) is 13.0. The minimum atomic E-state index is 0.0966. The molecule has 0 amide bonds. The highest BCUT2D eigenvalue weighted by Crippen LogP contribution is 2.61. The molecule has 0 aromatic heterocycles. The molecule has 1 nitrogen and oxygen atoms in total. The van der Waals surface area contributed by atoms with Crippen LogP contribution in [0.5, 0.6) is 0 Å². The second-order valence-corrected chi connectivity index (χ2v) is 12.3. The molecule has 8 rings (SSSR count). The lowest BCUT2D eigenvalue weighted by Gasteiger charge is -2.52. The monoisotopic (exact) mass is 469 g/mol. The normalized spacial score (nSPS) is 25.0. The molecule has 0 spiro atoms. The number of fused-ring (bicyclic) bond motifs is 7. The third-order valence-corrected chi connectivity index (χ3v) is 10.8. The molecule has 4 aliphatic rings. The summed E-state index contributed by atoms with van der Waals surface area (Å²) in [5.41, 5.74) is 11.9. The first-order chi connectivity index (χ1) is 17.1. The Morgan fingerprint density at radius 2 is 1.51 bits per heavy atom. The fourth-order valence-electron chi connectivity index (χ4n) is 7.78. The van der Waals surface area contributed by atoms with Gasteiger partial charge in [0.05, 0.1) is 5.54 Å². The number of hydrogen-bond donors (Lipinski definition) is 0. The van der Waals surface area contributed by atoms with Gasteiger partial charge in [0.2, 0.25) is 6.71 Å². The Morgan fingerprint density at radius 1 is 0.743 bits per heavy atom. The molecule has 0 radical (unpaired) electrons. The summed E-state index contributed by atoms with van der Waals surface area (Å²) in [5, 5.41) is 0. The Balaban J connectivity index is 1.50. The number of hydrogen-bond acceptors (Lipinski definition) is 2. The van der Waals surface area contributed by atoms with Crippen molar-refractivity contribution in [3.63, 3.8) is 0 Å². The summed E-state index contributed by atoms with van der Waals surface area (Å²) in [6.07, 6.45) is 5.16.